The van der Waals surface area contributed by atoms with Crippen LogP contribution in [-0.2, 0) is 0 Å². The van der Waals surface area contributed by atoms with Crippen LogP contribution in [0.2, 0.25) is 0 Å². The Morgan fingerprint density at radius 2 is 2.14 bits per heavy atom. The number of allylic oxidation sites excluding steroid dienone is 1. The molecule has 0 aliphatic rings. The summed E-state index contributed by atoms with van der Waals surface area (Å²) in [6, 6.07) is 0. The largest absolute Gasteiger partial charge is 0.175 e. The first kappa shape index (κ1) is 7.09. The minimum Gasteiger partial charge on any atom is -0.175 e. The van der Waals surface area contributed by atoms with Gasteiger partial charge in [0.1, 0.15) is 0 Å². The summed E-state index contributed by atoms with van der Waals surface area (Å²) in [6.07, 6.45) is 6.67. The van der Waals surface area contributed by atoms with Gasteiger partial charge in [-0.3, -0.25) is 0 Å². The summed E-state index contributed by atoms with van der Waals surface area (Å²) in [5.41, 5.74) is 0. The van der Waals surface area contributed by atoms with Crippen molar-refractivity contribution in [3.05, 3.63) is 12.2 Å². The topological polar surface area (TPSA) is 0 Å². The zero-order chi connectivity index (χ0) is 5.54. The third kappa shape index (κ3) is 6.09. The van der Waals surface area contributed by atoms with Gasteiger partial charge in [-0.05, 0) is 6.42 Å². The van der Waals surface area contributed by atoms with Crippen molar-refractivity contribution in [2.75, 3.05) is 5.75 Å². The molecule has 0 aromatic rings. The molecule has 0 aliphatic carbocycles. The fourth-order valence-electron chi connectivity index (χ4n) is 0.359. The molecule has 42 valence electrons. The van der Waals surface area contributed by atoms with Crippen LogP contribution in [0.15, 0.2) is 12.2 Å². The number of hydrogen-bond donors (Lipinski definition) is 1. The van der Waals surface area contributed by atoms with Gasteiger partial charge in [0.2, 0.25) is 0 Å². The Bertz CT molecular complexity index is 48.1. The van der Waals surface area contributed by atoms with E-state index >= 15 is 0 Å². The van der Waals surface area contributed by atoms with E-state index in [0.717, 1.165) is 5.75 Å². The second kappa shape index (κ2) is 6.09. The summed E-state index contributed by atoms with van der Waals surface area (Å²) in [6.45, 7) is 2.17. The van der Waals surface area contributed by atoms with Gasteiger partial charge in [-0.1, -0.05) is 25.5 Å². The van der Waals surface area contributed by atoms with Crippen molar-refractivity contribution in [2.24, 2.45) is 0 Å². The van der Waals surface area contributed by atoms with E-state index in [2.05, 4.69) is 31.7 Å². The molecule has 0 aliphatic heterocycles. The van der Waals surface area contributed by atoms with E-state index in [1.54, 1.807) is 0 Å². The Morgan fingerprint density at radius 3 is 2.57 bits per heavy atom. The van der Waals surface area contributed by atoms with Crippen LogP contribution < -0.4 is 0 Å². The minimum atomic E-state index is 0.875. The lowest BCUT2D eigenvalue weighted by molar-refractivity contribution is 0.957. The molecule has 0 N–H and O–H groups in total. The summed E-state index contributed by atoms with van der Waals surface area (Å²) in [7, 11) is 0. The van der Waals surface area contributed by atoms with E-state index in [1.807, 2.05) is 0 Å². The second-order valence-electron chi connectivity index (χ2n) is 1.44. The van der Waals surface area contributed by atoms with Crippen molar-refractivity contribution in [3.8, 4) is 0 Å². The van der Waals surface area contributed by atoms with Gasteiger partial charge in [-0.15, -0.1) is 0 Å². The molecule has 0 aromatic carbocycles. The molecule has 0 radical (unpaired) electrons. The van der Waals surface area contributed by atoms with Crippen LogP contribution in [0, 0.1) is 0 Å². The molecule has 0 saturated carbocycles. The Balaban J connectivity index is 2.78. The maximum absolute atomic E-state index is 4.01. The van der Waals surface area contributed by atoms with Gasteiger partial charge in [0.05, 0.1) is 0 Å². The first-order valence-electron chi connectivity index (χ1n) is 2.67. The van der Waals surface area contributed by atoms with Crippen LogP contribution in [0.25, 0.3) is 0 Å². The van der Waals surface area contributed by atoms with Crippen molar-refractivity contribution in [2.45, 2.75) is 19.8 Å². The smallest absolute Gasteiger partial charge is 0.00825 e. The Hall–Kier alpha value is 0.0900. The molecule has 0 saturated heterocycles. The molecule has 7 heavy (non-hydrogen) atoms. The van der Waals surface area contributed by atoms with Crippen LogP contribution in [0.1, 0.15) is 19.8 Å². The van der Waals surface area contributed by atoms with Gasteiger partial charge in [0.25, 0.3) is 0 Å². The highest BCUT2D eigenvalue weighted by Gasteiger charge is 1.68. The molecule has 0 unspecified atom stereocenters. The van der Waals surface area contributed by atoms with Crippen LogP contribution in [0.3, 0.4) is 0 Å². The summed E-state index contributed by atoms with van der Waals surface area (Å²) in [4.78, 5) is 0. The van der Waals surface area contributed by atoms with Gasteiger partial charge < -0.3 is 0 Å². The molecule has 0 amide bonds. The zero-order valence-electron chi connectivity index (χ0n) is 4.72. The lowest BCUT2D eigenvalue weighted by Crippen LogP contribution is -1.61. The molecular weight excluding hydrogens is 104 g/mol. The number of hydrogen-bond acceptors (Lipinski definition) is 1. The Labute approximate surface area is 51.0 Å². The van der Waals surface area contributed by atoms with Crippen LogP contribution in [0.5, 0.6) is 0 Å². The van der Waals surface area contributed by atoms with Gasteiger partial charge >= 0.3 is 0 Å². The predicted molar refractivity (Wildman–Crippen MR) is 37.9 cm³/mol. The molecule has 0 heterocycles. The van der Waals surface area contributed by atoms with Crippen molar-refractivity contribution in [3.63, 3.8) is 0 Å². The summed E-state index contributed by atoms with van der Waals surface area (Å²) >= 11 is 4.01. The Kier molecular flexibility index (Phi) is 6.17. The van der Waals surface area contributed by atoms with Crippen molar-refractivity contribution < 1.29 is 0 Å². The minimum absolute atomic E-state index is 0.875. The number of unbranched alkanes of at least 4 members (excludes halogenated alkanes) is 1. The number of rotatable bonds is 3. The van der Waals surface area contributed by atoms with Gasteiger partial charge in [0.15, 0.2) is 0 Å². The molecule has 1 heteroatoms. The third-order valence-electron chi connectivity index (χ3n) is 0.727. The van der Waals surface area contributed by atoms with Crippen molar-refractivity contribution in [1.29, 1.82) is 0 Å². The van der Waals surface area contributed by atoms with Gasteiger partial charge in [-0.25, -0.2) is 0 Å². The van der Waals surface area contributed by atoms with Crippen LogP contribution in [0.4, 0.5) is 0 Å². The molecule has 0 spiro atoms. The normalized spacial score (nSPS) is 10.6. The van der Waals surface area contributed by atoms with Crippen LogP contribution >= 0.6 is 12.6 Å². The lowest BCUT2D eigenvalue weighted by atomic mass is 10.3. The average Bonchev–Trinajstić information content (AvgIpc) is 1.69. The van der Waals surface area contributed by atoms with Crippen LogP contribution in [-0.4, -0.2) is 5.75 Å². The first-order valence-corrected chi connectivity index (χ1v) is 3.31. The van der Waals surface area contributed by atoms with E-state index in [1.165, 1.54) is 12.8 Å². The van der Waals surface area contributed by atoms with Gasteiger partial charge in [-0.2, -0.15) is 12.6 Å². The molecule has 0 rings (SSSR count). The highest BCUT2D eigenvalue weighted by Crippen LogP contribution is 1.87. The summed E-state index contributed by atoms with van der Waals surface area (Å²) in [5, 5.41) is 0. The molecule has 0 fully saturated rings. The van der Waals surface area contributed by atoms with E-state index in [0.29, 0.717) is 0 Å². The van der Waals surface area contributed by atoms with Crippen molar-refractivity contribution in [1.82, 2.24) is 0 Å². The quantitative estimate of drug-likeness (QED) is 0.424. The highest BCUT2D eigenvalue weighted by molar-refractivity contribution is 7.80. The molecule has 0 atom stereocenters. The monoisotopic (exact) mass is 116 g/mol. The molecule has 0 aromatic heterocycles. The molecular formula is C6H12S. The molecule has 0 bridgehead atoms. The average molecular weight is 116 g/mol. The maximum atomic E-state index is 4.01. The number of thiol groups is 1. The fraction of sp³-hybridized carbons (Fsp3) is 0.667. The lowest BCUT2D eigenvalue weighted by Gasteiger charge is -1.79. The Morgan fingerprint density at radius 1 is 1.43 bits per heavy atom. The third-order valence-corrected chi connectivity index (χ3v) is 0.938. The van der Waals surface area contributed by atoms with E-state index in [-0.39, 0.29) is 0 Å². The fourth-order valence-corrected chi connectivity index (χ4v) is 0.508. The SMILES string of the molecule is CCCC=CCS. The zero-order valence-corrected chi connectivity index (χ0v) is 5.62. The standard InChI is InChI=1S/C6H12S/c1-2-3-4-5-6-7/h4-5,7H,2-3,6H2,1H3. The van der Waals surface area contributed by atoms with E-state index in [9.17, 15) is 0 Å². The van der Waals surface area contributed by atoms with Crippen molar-refractivity contribution >= 4 is 12.6 Å². The van der Waals surface area contributed by atoms with Gasteiger partial charge in [0, 0.05) is 5.75 Å². The first-order chi connectivity index (χ1) is 3.41. The summed E-state index contributed by atoms with van der Waals surface area (Å²) < 4.78 is 0. The summed E-state index contributed by atoms with van der Waals surface area (Å²) in [5.74, 6) is 0.875. The predicted octanol–water partition coefficient (Wildman–Crippen LogP) is 2.27. The van der Waals surface area contributed by atoms with E-state index in [4.69, 9.17) is 0 Å². The second-order valence-corrected chi connectivity index (χ2v) is 1.81. The molecule has 0 nitrogen and oxygen atoms in total. The highest BCUT2D eigenvalue weighted by atomic mass is 32.1. The maximum Gasteiger partial charge on any atom is 0.00825 e. The van der Waals surface area contributed by atoms with E-state index < -0.39 is 0 Å².